The fraction of sp³-hybridized carbons (Fsp3) is 0.156. The van der Waals surface area contributed by atoms with Crippen LogP contribution in [0.3, 0.4) is 0 Å². The molecule has 2 atom stereocenters. The van der Waals surface area contributed by atoms with Crippen LogP contribution in [0.25, 0.3) is 67.8 Å². The van der Waals surface area contributed by atoms with Gasteiger partial charge in [0.2, 0.25) is 0 Å². The van der Waals surface area contributed by atoms with E-state index in [2.05, 4.69) is 291 Å². The van der Waals surface area contributed by atoms with Gasteiger partial charge < -0.3 is 14.4 Å². The quantitative estimate of drug-likeness (QED) is 0.0505. The summed E-state index contributed by atoms with van der Waals surface area (Å²) in [5.41, 5.74) is 25.7. The number of hydrogen-bond donors (Lipinski definition) is 0. The van der Waals surface area contributed by atoms with Crippen LogP contribution >= 0.6 is 0 Å². The molecule has 3 heteroatoms. The smallest absolute Gasteiger partial charge is 0.119 e. The van der Waals surface area contributed by atoms with Gasteiger partial charge in [0.1, 0.15) is 11.5 Å². The number of benzene rings is 12. The Bertz CT molecular complexity index is 4250. The Morgan fingerprint density at radius 3 is 1.00 bits per heavy atom. The van der Waals surface area contributed by atoms with Crippen molar-refractivity contribution in [2.45, 2.75) is 75.0 Å². The molecule has 0 bridgehead atoms. The molecule has 2 aliphatic rings. The first-order valence-electron chi connectivity index (χ1n) is 33.5. The molecule has 0 spiro atoms. The van der Waals surface area contributed by atoms with E-state index in [1.165, 1.54) is 89.0 Å². The van der Waals surface area contributed by atoms with Gasteiger partial charge in [-0.05, 0) is 199 Å². The van der Waals surface area contributed by atoms with Gasteiger partial charge in [0.05, 0.1) is 13.2 Å². The van der Waals surface area contributed by atoms with Gasteiger partial charge in [-0.15, -0.1) is 0 Å². The second-order valence-electron chi connectivity index (χ2n) is 25.1. The van der Waals surface area contributed by atoms with Crippen molar-refractivity contribution in [3.05, 3.63) is 355 Å². The highest BCUT2D eigenvalue weighted by molar-refractivity contribution is 5.89. The van der Waals surface area contributed by atoms with Gasteiger partial charge in [-0.1, -0.05) is 288 Å². The van der Waals surface area contributed by atoms with Crippen LogP contribution in [0.2, 0.25) is 0 Å². The van der Waals surface area contributed by atoms with Crippen LogP contribution in [0, 0.1) is 0 Å². The van der Waals surface area contributed by atoms with Gasteiger partial charge in [0.15, 0.2) is 0 Å². The third-order valence-corrected chi connectivity index (χ3v) is 19.7. The summed E-state index contributed by atoms with van der Waals surface area (Å²) in [4.78, 5) is 2.40. The second kappa shape index (κ2) is 27.5. The van der Waals surface area contributed by atoms with Crippen molar-refractivity contribution in [1.82, 2.24) is 0 Å². The number of ether oxygens (including phenoxy) is 2. The second-order valence-corrected chi connectivity index (χ2v) is 25.1. The van der Waals surface area contributed by atoms with Crippen molar-refractivity contribution in [2.75, 3.05) is 18.1 Å². The Morgan fingerprint density at radius 2 is 0.602 bits per heavy atom. The third-order valence-electron chi connectivity index (χ3n) is 19.7. The molecule has 0 aliphatic heterocycles. The molecule has 0 amide bonds. The fourth-order valence-corrected chi connectivity index (χ4v) is 14.9. The zero-order valence-corrected chi connectivity index (χ0v) is 53.1. The van der Waals surface area contributed by atoms with E-state index in [0.29, 0.717) is 13.2 Å². The molecule has 3 nitrogen and oxygen atoms in total. The van der Waals surface area contributed by atoms with E-state index in [9.17, 15) is 0 Å². The van der Waals surface area contributed by atoms with Crippen LogP contribution in [0.1, 0.15) is 109 Å². The maximum atomic E-state index is 6.15. The highest BCUT2D eigenvalue weighted by Gasteiger charge is 2.45. The minimum Gasteiger partial charge on any atom is -0.494 e. The molecule has 0 saturated carbocycles. The van der Waals surface area contributed by atoms with E-state index < -0.39 is 0 Å². The summed E-state index contributed by atoms with van der Waals surface area (Å²) in [6.45, 7) is 9.20. The Hall–Kier alpha value is -10.5. The summed E-state index contributed by atoms with van der Waals surface area (Å²) in [5, 5.41) is 0. The molecule has 14 rings (SSSR count). The van der Waals surface area contributed by atoms with Gasteiger partial charge in [-0.2, -0.15) is 0 Å². The minimum atomic E-state index is -0.284. The molecule has 0 N–H and O–H groups in total. The Morgan fingerprint density at radius 1 is 0.280 bits per heavy atom. The predicted molar refractivity (Wildman–Crippen MR) is 391 cm³/mol. The van der Waals surface area contributed by atoms with E-state index in [4.69, 9.17) is 9.47 Å². The summed E-state index contributed by atoms with van der Waals surface area (Å²) in [7, 11) is 0. The monoisotopic (exact) mass is 1210 g/mol. The van der Waals surface area contributed by atoms with Crippen LogP contribution in [0.5, 0.6) is 11.5 Å². The van der Waals surface area contributed by atoms with Crippen molar-refractivity contribution in [2.24, 2.45) is 0 Å². The zero-order chi connectivity index (χ0) is 62.8. The van der Waals surface area contributed by atoms with E-state index in [0.717, 1.165) is 104 Å². The molecule has 12 aromatic carbocycles. The SMILES string of the molecule is C=Cc1ccc(OCCCCCCC2(c3ccccc3)c3ccccc3-c3ccc(-c4ccc(N(c5ccc(-c6ccccc6)cc5)c5ccc(-c6ccc7c(c6)C(CCCCCCOc6ccc(C=C)cc6)(c6ccccc6)c6ccccc6-7)cc5)cc4)cc32)cc1. The summed E-state index contributed by atoms with van der Waals surface area (Å²) >= 11 is 0. The lowest BCUT2D eigenvalue weighted by Gasteiger charge is -2.33. The summed E-state index contributed by atoms with van der Waals surface area (Å²) in [6.07, 6.45) is 14.5. The predicted octanol–water partition coefficient (Wildman–Crippen LogP) is 24.1. The van der Waals surface area contributed by atoms with Gasteiger partial charge in [-0.3, -0.25) is 0 Å². The van der Waals surface area contributed by atoms with Crippen LogP contribution in [-0.4, -0.2) is 13.2 Å². The van der Waals surface area contributed by atoms with Gasteiger partial charge in [0, 0.05) is 27.9 Å². The molecule has 2 aliphatic carbocycles. The number of anilines is 3. The molecule has 0 aromatic heterocycles. The first-order valence-corrected chi connectivity index (χ1v) is 33.5. The van der Waals surface area contributed by atoms with Gasteiger partial charge >= 0.3 is 0 Å². The molecule has 0 fully saturated rings. The lowest BCUT2D eigenvalue weighted by Crippen LogP contribution is -2.27. The molecule has 456 valence electrons. The lowest BCUT2D eigenvalue weighted by molar-refractivity contribution is 0.303. The topological polar surface area (TPSA) is 21.7 Å². The normalized spacial score (nSPS) is 14.9. The van der Waals surface area contributed by atoms with Crippen LogP contribution < -0.4 is 14.4 Å². The lowest BCUT2D eigenvalue weighted by atomic mass is 9.69. The third kappa shape index (κ3) is 12.2. The van der Waals surface area contributed by atoms with Crippen molar-refractivity contribution >= 4 is 29.2 Å². The number of fused-ring (bicyclic) bond motifs is 6. The highest BCUT2D eigenvalue weighted by Crippen LogP contribution is 2.58. The van der Waals surface area contributed by atoms with Crippen molar-refractivity contribution < 1.29 is 9.47 Å². The van der Waals surface area contributed by atoms with Gasteiger partial charge in [0.25, 0.3) is 0 Å². The minimum absolute atomic E-state index is 0.284. The maximum absolute atomic E-state index is 6.15. The van der Waals surface area contributed by atoms with Gasteiger partial charge in [-0.25, -0.2) is 0 Å². The van der Waals surface area contributed by atoms with Crippen molar-refractivity contribution in [1.29, 1.82) is 0 Å². The largest absolute Gasteiger partial charge is 0.494 e. The van der Waals surface area contributed by atoms with Crippen LogP contribution in [-0.2, 0) is 10.8 Å². The average Bonchev–Trinajstić information content (AvgIpc) is 1.58. The number of rotatable bonds is 26. The standard InChI is InChI=1S/C90H79NO2/c1-3-66-36-54-79(55-37-66)92-62-24-7-5-22-60-89(74-28-14-10-15-29-74)85-34-20-18-32-81(85)83-58-46-72(64-87(83)89)70-42-50-77(51-43-70)91(76-48-40-69(41-49-76)68-26-12-9-13-27-68)78-52-44-71(45-53-78)73-47-59-84-82-33-19-21-35-86(82)90(88(84)65-73,75-30-16-11-17-31-75)61-23-6-8-25-63-93-80-56-38-67(4-2)39-57-80/h3-4,9-21,26-59,64-65H,1-2,5-8,22-25,60-63H2. The van der Waals surface area contributed by atoms with Crippen LogP contribution in [0.4, 0.5) is 17.1 Å². The molecule has 0 heterocycles. The van der Waals surface area contributed by atoms with Crippen molar-refractivity contribution in [3.8, 4) is 67.1 Å². The fourth-order valence-electron chi connectivity index (χ4n) is 14.9. The molecule has 0 saturated heterocycles. The summed E-state index contributed by atoms with van der Waals surface area (Å²) < 4.78 is 12.3. The molecular weight excluding hydrogens is 1130 g/mol. The van der Waals surface area contributed by atoms with Crippen LogP contribution in [0.15, 0.2) is 310 Å². The molecule has 93 heavy (non-hydrogen) atoms. The molecular formula is C90H79NO2. The zero-order valence-electron chi connectivity index (χ0n) is 53.1. The summed E-state index contributed by atoms with van der Waals surface area (Å²) in [5.74, 6) is 1.83. The first-order chi connectivity index (χ1) is 46.0. The van der Waals surface area contributed by atoms with E-state index in [1.807, 2.05) is 36.4 Å². The Balaban J connectivity index is 0.748. The summed E-state index contributed by atoms with van der Waals surface area (Å²) in [6, 6.07) is 110. The number of nitrogens with zero attached hydrogens (tertiary/aromatic N) is 1. The number of unbranched alkanes of at least 4 members (excludes halogenated alkanes) is 6. The first kappa shape index (κ1) is 60.1. The average molecular weight is 1210 g/mol. The highest BCUT2D eigenvalue weighted by atomic mass is 16.5. The van der Waals surface area contributed by atoms with E-state index in [-0.39, 0.29) is 10.8 Å². The molecule has 0 radical (unpaired) electrons. The Labute approximate surface area is 550 Å². The van der Waals surface area contributed by atoms with E-state index in [1.54, 1.807) is 0 Å². The molecule has 12 aromatic rings. The maximum Gasteiger partial charge on any atom is 0.119 e. The Kier molecular flexibility index (Phi) is 17.8. The van der Waals surface area contributed by atoms with E-state index >= 15 is 0 Å². The molecule has 2 unspecified atom stereocenters. The number of hydrogen-bond acceptors (Lipinski definition) is 3. The van der Waals surface area contributed by atoms with Crippen molar-refractivity contribution in [3.63, 3.8) is 0 Å².